The number of carbonyl (C=O) groups excluding carboxylic acids is 1. The molecule has 0 aliphatic heterocycles. The van der Waals surface area contributed by atoms with E-state index < -0.39 is 0 Å². The largest absolute Gasteiger partial charge is 0.496 e. The highest BCUT2D eigenvalue weighted by molar-refractivity contribution is 7.21. The molecule has 0 bridgehead atoms. The van der Waals surface area contributed by atoms with Crippen molar-refractivity contribution >= 4 is 56.7 Å². The lowest BCUT2D eigenvalue weighted by Crippen LogP contribution is -2.16. The highest BCUT2D eigenvalue weighted by Crippen LogP contribution is 2.36. The first kappa shape index (κ1) is 17.7. The summed E-state index contributed by atoms with van der Waals surface area (Å²) in [5.41, 5.74) is 4.34. The Hall–Kier alpha value is -2.08. The number of rotatable bonds is 4. The molecule has 3 rings (SSSR count). The molecule has 0 unspecified atom stereocenters. The van der Waals surface area contributed by atoms with E-state index in [4.69, 9.17) is 27.9 Å². The maximum atomic E-state index is 12.3. The number of carbonyl (C=O) groups is 1. The van der Waals surface area contributed by atoms with Gasteiger partial charge in [0, 0.05) is 15.1 Å². The van der Waals surface area contributed by atoms with Crippen LogP contribution in [-0.4, -0.2) is 19.2 Å². The second kappa shape index (κ2) is 7.44. The van der Waals surface area contributed by atoms with E-state index in [9.17, 15) is 4.79 Å². The molecule has 7 heteroatoms. The number of hydrazone groups is 1. The quantitative estimate of drug-likeness (QED) is 0.484. The third-order valence-electron chi connectivity index (χ3n) is 3.61. The molecule has 1 aromatic heterocycles. The molecule has 0 radical (unpaired) electrons. The second-order valence-corrected chi connectivity index (χ2v) is 7.18. The number of hydrogen-bond acceptors (Lipinski definition) is 4. The highest BCUT2D eigenvalue weighted by atomic mass is 35.5. The van der Waals surface area contributed by atoms with Crippen molar-refractivity contribution in [1.29, 1.82) is 0 Å². The predicted octanol–water partition coefficient (Wildman–Crippen LogP) is 5.29. The van der Waals surface area contributed by atoms with Crippen LogP contribution in [0.25, 0.3) is 10.1 Å². The van der Waals surface area contributed by atoms with Crippen LogP contribution in [0.5, 0.6) is 5.75 Å². The lowest BCUT2D eigenvalue weighted by atomic mass is 10.1. The number of benzene rings is 2. The van der Waals surface area contributed by atoms with Crippen LogP contribution in [0.15, 0.2) is 41.5 Å². The van der Waals surface area contributed by atoms with E-state index in [1.54, 1.807) is 31.5 Å². The van der Waals surface area contributed by atoms with Crippen LogP contribution in [0.2, 0.25) is 10.0 Å². The number of hydrogen-bond donors (Lipinski definition) is 1. The van der Waals surface area contributed by atoms with Gasteiger partial charge in [-0.3, -0.25) is 4.79 Å². The van der Waals surface area contributed by atoms with Gasteiger partial charge in [-0.1, -0.05) is 41.4 Å². The molecule has 0 saturated heterocycles. The Morgan fingerprint density at radius 1 is 1.24 bits per heavy atom. The number of halogens is 2. The summed E-state index contributed by atoms with van der Waals surface area (Å²) < 4.78 is 6.12. The summed E-state index contributed by atoms with van der Waals surface area (Å²) in [5, 5.41) is 5.80. The molecular weight excluding hydrogens is 379 g/mol. The zero-order valence-electron chi connectivity index (χ0n) is 13.5. The van der Waals surface area contributed by atoms with Gasteiger partial charge in [-0.25, -0.2) is 5.43 Å². The smallest absolute Gasteiger partial charge is 0.283 e. The predicted molar refractivity (Wildman–Crippen MR) is 105 cm³/mol. The Bertz CT molecular complexity index is 983. The molecule has 0 spiro atoms. The number of amides is 1. The van der Waals surface area contributed by atoms with Crippen LogP contribution >= 0.6 is 34.5 Å². The van der Waals surface area contributed by atoms with Crippen LogP contribution < -0.4 is 10.2 Å². The van der Waals surface area contributed by atoms with E-state index in [0.29, 0.717) is 14.9 Å². The molecule has 0 atom stereocenters. The minimum Gasteiger partial charge on any atom is -0.496 e. The van der Waals surface area contributed by atoms with Crippen molar-refractivity contribution in [3.05, 3.63) is 62.4 Å². The summed E-state index contributed by atoms with van der Waals surface area (Å²) in [6, 6.07) is 11.0. The first-order valence-electron chi connectivity index (χ1n) is 7.35. The van der Waals surface area contributed by atoms with Crippen molar-refractivity contribution in [2.24, 2.45) is 5.10 Å². The molecule has 1 heterocycles. The topological polar surface area (TPSA) is 50.7 Å². The van der Waals surface area contributed by atoms with E-state index in [1.807, 2.05) is 25.1 Å². The molecule has 2 aromatic carbocycles. The van der Waals surface area contributed by atoms with Gasteiger partial charge < -0.3 is 4.74 Å². The summed E-state index contributed by atoms with van der Waals surface area (Å²) in [5.74, 6) is 0.400. The van der Waals surface area contributed by atoms with E-state index in [-0.39, 0.29) is 5.91 Å². The molecule has 0 saturated carbocycles. The summed E-state index contributed by atoms with van der Waals surface area (Å²) in [6.45, 7) is 1.96. The van der Waals surface area contributed by atoms with Crippen molar-refractivity contribution < 1.29 is 9.53 Å². The fraction of sp³-hybridized carbons (Fsp3) is 0.111. The lowest BCUT2D eigenvalue weighted by molar-refractivity contribution is 0.0959. The van der Waals surface area contributed by atoms with E-state index in [2.05, 4.69) is 10.5 Å². The zero-order chi connectivity index (χ0) is 18.0. The summed E-state index contributed by atoms with van der Waals surface area (Å²) >= 11 is 13.5. The number of aryl methyl sites for hydroxylation is 1. The monoisotopic (exact) mass is 392 g/mol. The van der Waals surface area contributed by atoms with Crippen LogP contribution in [-0.2, 0) is 0 Å². The maximum absolute atomic E-state index is 12.3. The van der Waals surface area contributed by atoms with E-state index in [1.165, 1.54) is 11.3 Å². The fourth-order valence-corrected chi connectivity index (χ4v) is 4.00. The van der Waals surface area contributed by atoms with Gasteiger partial charge in [0.15, 0.2) is 0 Å². The molecule has 1 N–H and O–H groups in total. The Kier molecular flexibility index (Phi) is 5.27. The maximum Gasteiger partial charge on any atom is 0.283 e. The molecule has 0 aliphatic rings. The number of ether oxygens (including phenoxy) is 1. The van der Waals surface area contributed by atoms with Crippen LogP contribution in [0.1, 0.15) is 20.8 Å². The Labute approximate surface area is 159 Å². The molecular formula is C18H14Cl2N2O2S. The fourth-order valence-electron chi connectivity index (χ4n) is 2.32. The SMILES string of the molecule is COc1cc(/C=N/NC(=O)c2sc3cc(Cl)ccc3c2Cl)ccc1C. The van der Waals surface area contributed by atoms with Gasteiger partial charge in [-0.2, -0.15) is 5.10 Å². The van der Waals surface area contributed by atoms with Gasteiger partial charge in [0.2, 0.25) is 0 Å². The summed E-state index contributed by atoms with van der Waals surface area (Å²) in [7, 11) is 1.61. The van der Waals surface area contributed by atoms with Gasteiger partial charge in [0.05, 0.1) is 18.3 Å². The van der Waals surface area contributed by atoms with E-state index >= 15 is 0 Å². The Morgan fingerprint density at radius 3 is 2.80 bits per heavy atom. The summed E-state index contributed by atoms with van der Waals surface area (Å²) in [4.78, 5) is 12.7. The molecule has 25 heavy (non-hydrogen) atoms. The number of thiophene rings is 1. The minimum absolute atomic E-state index is 0.363. The molecule has 0 fully saturated rings. The van der Waals surface area contributed by atoms with Gasteiger partial charge in [-0.15, -0.1) is 11.3 Å². The Balaban J connectivity index is 1.77. The van der Waals surface area contributed by atoms with E-state index in [0.717, 1.165) is 27.0 Å². The molecule has 1 amide bonds. The number of nitrogens with one attached hydrogen (secondary N) is 1. The second-order valence-electron chi connectivity index (χ2n) is 5.31. The average molecular weight is 393 g/mol. The summed E-state index contributed by atoms with van der Waals surface area (Å²) in [6.07, 6.45) is 1.55. The van der Waals surface area contributed by atoms with Crippen molar-refractivity contribution in [2.75, 3.05) is 7.11 Å². The first-order valence-corrected chi connectivity index (χ1v) is 8.92. The lowest BCUT2D eigenvalue weighted by Gasteiger charge is -2.04. The van der Waals surface area contributed by atoms with Crippen molar-refractivity contribution in [2.45, 2.75) is 6.92 Å². The molecule has 3 aromatic rings. The molecule has 128 valence electrons. The number of fused-ring (bicyclic) bond motifs is 1. The van der Waals surface area contributed by atoms with Gasteiger partial charge >= 0.3 is 0 Å². The third-order valence-corrected chi connectivity index (χ3v) is 5.50. The van der Waals surface area contributed by atoms with Crippen molar-refractivity contribution in [3.8, 4) is 5.75 Å². The van der Waals surface area contributed by atoms with Gasteiger partial charge in [-0.05, 0) is 36.2 Å². The molecule has 4 nitrogen and oxygen atoms in total. The normalized spacial score (nSPS) is 11.2. The van der Waals surface area contributed by atoms with Gasteiger partial charge in [0.1, 0.15) is 10.6 Å². The van der Waals surface area contributed by atoms with Crippen LogP contribution in [0.3, 0.4) is 0 Å². The highest BCUT2D eigenvalue weighted by Gasteiger charge is 2.16. The Morgan fingerprint density at radius 2 is 2.04 bits per heavy atom. The minimum atomic E-state index is -0.363. The van der Waals surface area contributed by atoms with Crippen molar-refractivity contribution in [3.63, 3.8) is 0 Å². The first-order chi connectivity index (χ1) is 12.0. The molecule has 0 aliphatic carbocycles. The average Bonchev–Trinajstić information content (AvgIpc) is 2.92. The number of methoxy groups -OCH3 is 1. The van der Waals surface area contributed by atoms with Crippen LogP contribution in [0.4, 0.5) is 0 Å². The number of nitrogens with zero attached hydrogens (tertiary/aromatic N) is 1. The van der Waals surface area contributed by atoms with Crippen molar-refractivity contribution in [1.82, 2.24) is 5.43 Å². The van der Waals surface area contributed by atoms with Crippen LogP contribution in [0, 0.1) is 6.92 Å². The third kappa shape index (κ3) is 3.79. The van der Waals surface area contributed by atoms with Gasteiger partial charge in [0.25, 0.3) is 5.91 Å². The standard InChI is InChI=1S/C18H14Cl2N2O2S/c1-10-3-4-11(7-14(10)24-2)9-21-22-18(23)17-16(20)13-6-5-12(19)8-15(13)25-17/h3-9H,1-2H3,(H,22,23)/b21-9+. The zero-order valence-corrected chi connectivity index (χ0v) is 15.8.